The van der Waals surface area contributed by atoms with Gasteiger partial charge in [0.1, 0.15) is 0 Å². The number of fused-ring (bicyclic) bond motifs is 2. The van der Waals surface area contributed by atoms with Gasteiger partial charge in [0.2, 0.25) is 0 Å². The van der Waals surface area contributed by atoms with Gasteiger partial charge in [-0.1, -0.05) is 70.9 Å². The van der Waals surface area contributed by atoms with E-state index < -0.39 is 8.07 Å². The Hall–Kier alpha value is -0.383. The standard InChI is InChI=1S/C24H30Br2Si/c1-13-7-19-17(21(25)9-13)11-15(3)23(19)27(5,6)24-16(4)12-18-20(24)8-14(2)10-22(18)26/h7-10,15-16,23-24H,11-12H2,1-6H3. The second-order valence-electron chi connectivity index (χ2n) is 9.77. The summed E-state index contributed by atoms with van der Waals surface area (Å²) in [6, 6.07) is 9.60. The van der Waals surface area contributed by atoms with Gasteiger partial charge in [-0.25, -0.2) is 0 Å². The molecule has 4 unspecified atom stereocenters. The lowest BCUT2D eigenvalue weighted by molar-refractivity contribution is 0.543. The molecule has 0 N–H and O–H groups in total. The van der Waals surface area contributed by atoms with Crippen molar-refractivity contribution in [2.45, 2.75) is 64.7 Å². The molecule has 2 aliphatic carbocycles. The maximum atomic E-state index is 3.87. The second kappa shape index (κ2) is 6.85. The molecule has 0 aromatic heterocycles. The fourth-order valence-corrected chi connectivity index (χ4v) is 13.7. The fourth-order valence-electron chi connectivity index (χ4n) is 6.54. The third-order valence-corrected chi connectivity index (χ3v) is 13.6. The summed E-state index contributed by atoms with van der Waals surface area (Å²) < 4.78 is 2.66. The Morgan fingerprint density at radius 2 is 1.11 bits per heavy atom. The summed E-state index contributed by atoms with van der Waals surface area (Å²) in [5.41, 5.74) is 10.7. The van der Waals surface area contributed by atoms with E-state index in [1.165, 1.54) is 32.9 Å². The van der Waals surface area contributed by atoms with Crippen LogP contribution in [0.5, 0.6) is 0 Å². The molecule has 0 heterocycles. The lowest BCUT2D eigenvalue weighted by Gasteiger charge is -2.41. The van der Waals surface area contributed by atoms with E-state index in [2.05, 4.69) is 96.9 Å². The molecule has 0 saturated heterocycles. The summed E-state index contributed by atoms with van der Waals surface area (Å²) >= 11 is 7.74. The first-order valence-corrected chi connectivity index (χ1v) is 14.9. The monoisotopic (exact) mass is 504 g/mol. The molecule has 0 bridgehead atoms. The van der Waals surface area contributed by atoms with Gasteiger partial charge in [-0.05, 0) is 95.1 Å². The Morgan fingerprint density at radius 3 is 1.48 bits per heavy atom. The summed E-state index contributed by atoms with van der Waals surface area (Å²) in [4.78, 5) is 0. The fraction of sp³-hybridized carbons (Fsp3) is 0.500. The molecule has 0 amide bonds. The molecule has 0 fully saturated rings. The molecular formula is C24H30Br2Si. The molecule has 2 aromatic rings. The second-order valence-corrected chi connectivity index (χ2v) is 16.4. The van der Waals surface area contributed by atoms with Gasteiger partial charge >= 0.3 is 0 Å². The molecular weight excluding hydrogens is 476 g/mol. The molecule has 0 saturated carbocycles. The van der Waals surface area contributed by atoms with Gasteiger partial charge in [-0.2, -0.15) is 0 Å². The molecule has 144 valence electrons. The highest BCUT2D eigenvalue weighted by Gasteiger charge is 2.51. The van der Waals surface area contributed by atoms with Crippen LogP contribution in [0.25, 0.3) is 0 Å². The first-order chi connectivity index (χ1) is 12.6. The van der Waals surface area contributed by atoms with Crippen molar-refractivity contribution in [3.63, 3.8) is 0 Å². The Balaban J connectivity index is 1.85. The maximum Gasteiger partial charge on any atom is 0.0634 e. The van der Waals surface area contributed by atoms with E-state index >= 15 is 0 Å². The predicted octanol–water partition coefficient (Wildman–Crippen LogP) is 7.87. The van der Waals surface area contributed by atoms with E-state index in [1.54, 1.807) is 22.3 Å². The number of hydrogen-bond donors (Lipinski definition) is 0. The molecule has 0 radical (unpaired) electrons. The molecule has 0 nitrogen and oxygen atoms in total. The smallest absolute Gasteiger partial charge is 0.0634 e. The van der Waals surface area contributed by atoms with E-state index in [9.17, 15) is 0 Å². The van der Waals surface area contributed by atoms with Crippen molar-refractivity contribution in [2.75, 3.05) is 0 Å². The molecule has 4 rings (SSSR count). The van der Waals surface area contributed by atoms with Gasteiger partial charge in [-0.15, -0.1) is 0 Å². The summed E-state index contributed by atoms with van der Waals surface area (Å²) in [6.45, 7) is 14.8. The molecule has 2 aliphatic rings. The first-order valence-electron chi connectivity index (χ1n) is 10.2. The Kier molecular flexibility index (Phi) is 5.05. The van der Waals surface area contributed by atoms with E-state index in [1.807, 2.05) is 0 Å². The van der Waals surface area contributed by atoms with Crippen LogP contribution in [0.4, 0.5) is 0 Å². The zero-order valence-electron chi connectivity index (χ0n) is 17.3. The Labute approximate surface area is 182 Å². The minimum absolute atomic E-state index is 0.737. The Morgan fingerprint density at radius 1 is 0.741 bits per heavy atom. The summed E-state index contributed by atoms with van der Waals surface area (Å²) in [7, 11) is -1.60. The largest absolute Gasteiger partial charge is 0.0684 e. The van der Waals surface area contributed by atoms with Crippen LogP contribution in [-0.4, -0.2) is 8.07 Å². The Bertz CT molecular complexity index is 842. The predicted molar refractivity (Wildman–Crippen MR) is 126 cm³/mol. The number of benzene rings is 2. The average molecular weight is 506 g/mol. The van der Waals surface area contributed by atoms with Gasteiger partial charge in [-0.3, -0.25) is 0 Å². The van der Waals surface area contributed by atoms with Crippen molar-refractivity contribution >= 4 is 39.9 Å². The number of hydrogen-bond acceptors (Lipinski definition) is 0. The quantitative estimate of drug-likeness (QED) is 0.364. The molecule has 2 aromatic carbocycles. The summed E-state index contributed by atoms with van der Waals surface area (Å²) in [6.07, 6.45) is 2.45. The van der Waals surface area contributed by atoms with Crippen molar-refractivity contribution in [3.05, 3.63) is 66.6 Å². The van der Waals surface area contributed by atoms with Crippen molar-refractivity contribution in [1.29, 1.82) is 0 Å². The van der Waals surface area contributed by atoms with Crippen LogP contribution in [0.3, 0.4) is 0 Å². The molecule has 27 heavy (non-hydrogen) atoms. The van der Waals surface area contributed by atoms with E-state index in [0.717, 1.165) is 22.9 Å². The zero-order chi connectivity index (χ0) is 19.7. The third-order valence-electron chi connectivity index (χ3n) is 7.21. The number of aryl methyl sites for hydroxylation is 2. The van der Waals surface area contributed by atoms with Gasteiger partial charge in [0.15, 0.2) is 0 Å². The van der Waals surface area contributed by atoms with Crippen molar-refractivity contribution in [3.8, 4) is 0 Å². The lowest BCUT2D eigenvalue weighted by atomic mass is 10.1. The van der Waals surface area contributed by atoms with Crippen LogP contribution >= 0.6 is 31.9 Å². The normalized spacial score (nSPS) is 27.0. The minimum atomic E-state index is -1.60. The third kappa shape index (κ3) is 3.13. The topological polar surface area (TPSA) is 0 Å². The van der Waals surface area contributed by atoms with Gasteiger partial charge in [0.05, 0.1) is 8.07 Å². The van der Waals surface area contributed by atoms with Crippen LogP contribution in [0, 0.1) is 25.7 Å². The van der Waals surface area contributed by atoms with Gasteiger partial charge < -0.3 is 0 Å². The van der Waals surface area contributed by atoms with E-state index in [0.29, 0.717) is 0 Å². The van der Waals surface area contributed by atoms with Crippen molar-refractivity contribution in [1.82, 2.24) is 0 Å². The zero-order valence-corrected chi connectivity index (χ0v) is 21.5. The molecule has 0 spiro atoms. The SMILES string of the molecule is Cc1cc(Br)c2c(c1)C([Si](C)(C)C1c3cc(C)cc(Br)c3CC1C)C(C)C2. The van der Waals surface area contributed by atoms with Crippen molar-refractivity contribution < 1.29 is 0 Å². The molecule has 3 heteroatoms. The number of halogens is 2. The number of rotatable bonds is 2. The highest BCUT2D eigenvalue weighted by Crippen LogP contribution is 2.55. The van der Waals surface area contributed by atoms with Crippen LogP contribution in [0.1, 0.15) is 58.3 Å². The van der Waals surface area contributed by atoms with Gasteiger partial charge in [0.25, 0.3) is 0 Å². The minimum Gasteiger partial charge on any atom is -0.0684 e. The van der Waals surface area contributed by atoms with Gasteiger partial charge in [0, 0.05) is 8.95 Å². The van der Waals surface area contributed by atoms with Crippen LogP contribution in [-0.2, 0) is 12.8 Å². The summed E-state index contributed by atoms with van der Waals surface area (Å²) in [5, 5.41) is 0. The highest BCUT2D eigenvalue weighted by molar-refractivity contribution is 9.10. The lowest BCUT2D eigenvalue weighted by Crippen LogP contribution is -2.45. The first kappa shape index (κ1) is 19.9. The molecule has 0 aliphatic heterocycles. The molecule has 4 atom stereocenters. The van der Waals surface area contributed by atoms with Crippen molar-refractivity contribution in [2.24, 2.45) is 11.8 Å². The van der Waals surface area contributed by atoms with E-state index in [-0.39, 0.29) is 0 Å². The summed E-state index contributed by atoms with van der Waals surface area (Å²) in [5.74, 6) is 1.48. The van der Waals surface area contributed by atoms with Crippen LogP contribution < -0.4 is 0 Å². The van der Waals surface area contributed by atoms with Crippen LogP contribution in [0.2, 0.25) is 13.1 Å². The van der Waals surface area contributed by atoms with Crippen LogP contribution in [0.15, 0.2) is 33.2 Å². The van der Waals surface area contributed by atoms with E-state index in [4.69, 9.17) is 0 Å². The maximum absolute atomic E-state index is 3.87. The average Bonchev–Trinajstić information content (AvgIpc) is 3.04. The highest BCUT2D eigenvalue weighted by atomic mass is 79.9.